The van der Waals surface area contributed by atoms with Crippen molar-refractivity contribution in [2.24, 2.45) is 11.8 Å². The predicted molar refractivity (Wildman–Crippen MR) is 105 cm³/mol. The van der Waals surface area contributed by atoms with Crippen LogP contribution in [-0.4, -0.2) is 36.6 Å². The van der Waals surface area contributed by atoms with Gasteiger partial charge in [-0.05, 0) is 52.0 Å². The summed E-state index contributed by atoms with van der Waals surface area (Å²) in [5.41, 5.74) is 0.322. The van der Waals surface area contributed by atoms with Gasteiger partial charge in [-0.1, -0.05) is 30.3 Å². The molecule has 0 spiro atoms. The zero-order valence-corrected chi connectivity index (χ0v) is 17.2. The molecular formula is C22H31NO5. The van der Waals surface area contributed by atoms with Gasteiger partial charge in [-0.2, -0.15) is 0 Å². The fourth-order valence-corrected chi connectivity index (χ4v) is 3.46. The van der Waals surface area contributed by atoms with E-state index in [1.54, 1.807) is 20.8 Å². The first-order chi connectivity index (χ1) is 13.2. The Kier molecular flexibility index (Phi) is 7.61. The molecule has 0 saturated heterocycles. The van der Waals surface area contributed by atoms with Gasteiger partial charge in [-0.15, -0.1) is 0 Å². The van der Waals surface area contributed by atoms with E-state index in [9.17, 15) is 14.4 Å². The summed E-state index contributed by atoms with van der Waals surface area (Å²) in [6.45, 7) is 5.42. The molecule has 28 heavy (non-hydrogen) atoms. The van der Waals surface area contributed by atoms with Crippen molar-refractivity contribution < 1.29 is 23.9 Å². The van der Waals surface area contributed by atoms with Gasteiger partial charge >= 0.3 is 11.9 Å². The molecule has 1 amide bonds. The summed E-state index contributed by atoms with van der Waals surface area (Å²) in [7, 11) is 1.39. The maximum absolute atomic E-state index is 12.8. The minimum atomic E-state index is -0.743. The van der Waals surface area contributed by atoms with Crippen LogP contribution in [0.4, 0.5) is 0 Å². The summed E-state index contributed by atoms with van der Waals surface area (Å²) >= 11 is 0. The molecule has 1 fully saturated rings. The van der Waals surface area contributed by atoms with E-state index >= 15 is 0 Å². The van der Waals surface area contributed by atoms with Gasteiger partial charge in [0.25, 0.3) is 0 Å². The van der Waals surface area contributed by atoms with E-state index in [1.165, 1.54) is 7.11 Å². The second kappa shape index (κ2) is 9.71. The van der Waals surface area contributed by atoms with E-state index in [0.717, 1.165) is 5.56 Å². The van der Waals surface area contributed by atoms with Crippen LogP contribution in [0.5, 0.6) is 0 Å². The lowest BCUT2D eigenvalue weighted by Crippen LogP contribution is -2.48. The van der Waals surface area contributed by atoms with Gasteiger partial charge in [0.05, 0.1) is 13.0 Å². The Morgan fingerprint density at radius 1 is 1.04 bits per heavy atom. The zero-order valence-electron chi connectivity index (χ0n) is 17.2. The number of carbonyl (C=O) groups excluding carboxylic acids is 3. The van der Waals surface area contributed by atoms with E-state index in [0.29, 0.717) is 32.1 Å². The summed E-state index contributed by atoms with van der Waals surface area (Å²) < 4.78 is 10.3. The normalized spacial score (nSPS) is 20.7. The van der Waals surface area contributed by atoms with E-state index in [2.05, 4.69) is 5.32 Å². The van der Waals surface area contributed by atoms with Crippen LogP contribution in [0.25, 0.3) is 0 Å². The number of hydrogen-bond acceptors (Lipinski definition) is 5. The van der Waals surface area contributed by atoms with Gasteiger partial charge in [0.1, 0.15) is 11.6 Å². The lowest BCUT2D eigenvalue weighted by Gasteiger charge is -2.29. The average molecular weight is 389 g/mol. The van der Waals surface area contributed by atoms with Crippen LogP contribution in [0.2, 0.25) is 0 Å². The lowest BCUT2D eigenvalue weighted by molar-refractivity contribution is -0.159. The molecule has 0 heterocycles. The van der Waals surface area contributed by atoms with E-state index < -0.39 is 17.6 Å². The Bertz CT molecular complexity index is 672. The van der Waals surface area contributed by atoms with Gasteiger partial charge < -0.3 is 14.8 Å². The first kappa shape index (κ1) is 21.9. The van der Waals surface area contributed by atoms with Crippen molar-refractivity contribution in [2.45, 2.75) is 64.5 Å². The highest BCUT2D eigenvalue weighted by Gasteiger charge is 2.33. The quantitative estimate of drug-likeness (QED) is 0.757. The maximum Gasteiger partial charge on any atom is 0.329 e. The SMILES string of the molecule is COC(=O)C1CCC(C(=O)NC(Cc2ccccc2)C(=O)OC(C)(C)C)CC1. The van der Waals surface area contributed by atoms with Crippen molar-refractivity contribution in [3.05, 3.63) is 35.9 Å². The summed E-state index contributed by atoms with van der Waals surface area (Å²) in [4.78, 5) is 37.1. The van der Waals surface area contributed by atoms with Crippen molar-refractivity contribution in [1.82, 2.24) is 5.32 Å². The average Bonchev–Trinajstić information content (AvgIpc) is 2.66. The highest BCUT2D eigenvalue weighted by molar-refractivity contribution is 5.86. The number of esters is 2. The van der Waals surface area contributed by atoms with Crippen molar-refractivity contribution in [3.8, 4) is 0 Å². The van der Waals surface area contributed by atoms with Crippen molar-refractivity contribution in [1.29, 1.82) is 0 Å². The number of carbonyl (C=O) groups is 3. The molecule has 0 aliphatic heterocycles. The smallest absolute Gasteiger partial charge is 0.329 e. The number of nitrogens with one attached hydrogen (secondary N) is 1. The van der Waals surface area contributed by atoms with Gasteiger partial charge in [-0.25, -0.2) is 4.79 Å². The van der Waals surface area contributed by atoms with Gasteiger partial charge in [0.15, 0.2) is 0 Å². The van der Waals surface area contributed by atoms with E-state index in [-0.39, 0.29) is 23.7 Å². The molecule has 6 heteroatoms. The number of ether oxygens (including phenoxy) is 2. The molecule has 0 radical (unpaired) electrons. The Labute approximate surface area is 167 Å². The Hall–Kier alpha value is -2.37. The summed E-state index contributed by atoms with van der Waals surface area (Å²) in [6.07, 6.45) is 2.84. The minimum absolute atomic E-state index is 0.139. The van der Waals surface area contributed by atoms with Crippen LogP contribution in [0.15, 0.2) is 30.3 Å². The molecule has 1 atom stereocenters. The molecule has 154 valence electrons. The lowest BCUT2D eigenvalue weighted by atomic mass is 9.81. The minimum Gasteiger partial charge on any atom is -0.469 e. The molecule has 1 aliphatic carbocycles. The third kappa shape index (κ3) is 6.66. The standard InChI is InChI=1S/C22H31NO5/c1-22(2,3)28-21(26)18(14-15-8-6-5-7-9-15)23-19(24)16-10-12-17(13-11-16)20(25)27-4/h5-9,16-18H,10-14H2,1-4H3,(H,23,24). The number of benzene rings is 1. The summed E-state index contributed by atoms with van der Waals surface area (Å²) in [5.74, 6) is -1.15. The Morgan fingerprint density at radius 2 is 1.61 bits per heavy atom. The summed E-state index contributed by atoms with van der Waals surface area (Å²) in [5, 5.41) is 2.89. The topological polar surface area (TPSA) is 81.7 Å². The van der Waals surface area contributed by atoms with E-state index in [4.69, 9.17) is 9.47 Å². The van der Waals surface area contributed by atoms with Gasteiger partial charge in [-0.3, -0.25) is 9.59 Å². The first-order valence-corrected chi connectivity index (χ1v) is 9.84. The monoisotopic (exact) mass is 389 g/mol. The Balaban J connectivity index is 2.01. The third-order valence-electron chi connectivity index (χ3n) is 4.92. The van der Waals surface area contributed by atoms with Crippen LogP contribution < -0.4 is 5.32 Å². The molecule has 1 aliphatic rings. The number of methoxy groups -OCH3 is 1. The molecule has 1 N–H and O–H groups in total. The molecule has 0 bridgehead atoms. The van der Waals surface area contributed by atoms with Gasteiger partial charge in [0.2, 0.25) is 5.91 Å². The van der Waals surface area contributed by atoms with Crippen LogP contribution in [0, 0.1) is 11.8 Å². The fourth-order valence-electron chi connectivity index (χ4n) is 3.46. The number of hydrogen-bond donors (Lipinski definition) is 1. The molecule has 1 unspecified atom stereocenters. The summed E-state index contributed by atoms with van der Waals surface area (Å²) in [6, 6.07) is 8.81. The number of rotatable bonds is 6. The highest BCUT2D eigenvalue weighted by Crippen LogP contribution is 2.30. The molecular weight excluding hydrogens is 358 g/mol. The zero-order chi connectivity index (χ0) is 20.7. The van der Waals surface area contributed by atoms with Crippen LogP contribution >= 0.6 is 0 Å². The maximum atomic E-state index is 12.8. The van der Waals surface area contributed by atoms with Crippen molar-refractivity contribution in [2.75, 3.05) is 7.11 Å². The van der Waals surface area contributed by atoms with Crippen LogP contribution in [-0.2, 0) is 30.3 Å². The molecule has 6 nitrogen and oxygen atoms in total. The first-order valence-electron chi connectivity index (χ1n) is 9.84. The van der Waals surface area contributed by atoms with Crippen molar-refractivity contribution >= 4 is 17.8 Å². The third-order valence-corrected chi connectivity index (χ3v) is 4.92. The second-order valence-corrected chi connectivity index (χ2v) is 8.36. The largest absolute Gasteiger partial charge is 0.469 e. The molecule has 0 aromatic heterocycles. The molecule has 1 saturated carbocycles. The number of amides is 1. The molecule has 1 aromatic rings. The molecule has 2 rings (SSSR count). The predicted octanol–water partition coefficient (Wildman–Crippen LogP) is 3.04. The highest BCUT2D eigenvalue weighted by atomic mass is 16.6. The Morgan fingerprint density at radius 3 is 2.14 bits per heavy atom. The fraction of sp³-hybridized carbons (Fsp3) is 0.591. The van der Waals surface area contributed by atoms with E-state index in [1.807, 2.05) is 30.3 Å². The van der Waals surface area contributed by atoms with Crippen LogP contribution in [0.3, 0.4) is 0 Å². The van der Waals surface area contributed by atoms with Crippen LogP contribution in [0.1, 0.15) is 52.0 Å². The second-order valence-electron chi connectivity index (χ2n) is 8.36. The molecule has 1 aromatic carbocycles. The van der Waals surface area contributed by atoms with Gasteiger partial charge in [0, 0.05) is 12.3 Å². The van der Waals surface area contributed by atoms with Crippen molar-refractivity contribution in [3.63, 3.8) is 0 Å².